The molecule has 0 aliphatic heterocycles. The molecule has 0 bridgehead atoms. The van der Waals surface area contributed by atoms with Gasteiger partial charge in [0.1, 0.15) is 5.82 Å². The Kier molecular flexibility index (Phi) is 2.24. The van der Waals surface area contributed by atoms with Gasteiger partial charge in [0.05, 0.1) is 0 Å². The van der Waals surface area contributed by atoms with Crippen molar-refractivity contribution in [1.82, 2.24) is 24.7 Å². The molecule has 2 aromatic rings. The number of nitrogens with zero attached hydrogens (tertiary/aromatic N) is 5. The summed E-state index contributed by atoms with van der Waals surface area (Å²) in [6.45, 7) is 1.77. The van der Waals surface area contributed by atoms with E-state index in [0.717, 1.165) is 0 Å². The topological polar surface area (TPSA) is 73.6 Å². The maximum absolute atomic E-state index is 11.8. The number of carbonyl (C=O) groups excluding carboxylic acids is 1. The fourth-order valence-electron chi connectivity index (χ4n) is 1.12. The normalized spacial score (nSPS) is 10.3. The van der Waals surface area contributed by atoms with E-state index in [-0.39, 0.29) is 17.4 Å². The second kappa shape index (κ2) is 3.56. The molecule has 15 heavy (non-hydrogen) atoms. The molecule has 0 N–H and O–H groups in total. The van der Waals surface area contributed by atoms with Crippen molar-refractivity contribution in [3.8, 4) is 0 Å². The van der Waals surface area contributed by atoms with Gasteiger partial charge in [0.15, 0.2) is 0 Å². The van der Waals surface area contributed by atoms with Gasteiger partial charge in [-0.1, -0.05) is 0 Å². The first-order chi connectivity index (χ1) is 7.20. The van der Waals surface area contributed by atoms with Crippen LogP contribution in [0.1, 0.15) is 22.3 Å². The van der Waals surface area contributed by atoms with Gasteiger partial charge in [0.25, 0.3) is 5.78 Å². The summed E-state index contributed by atoms with van der Waals surface area (Å²) in [6, 6.07) is 1.65. The number of aromatic nitrogens is 5. The molecule has 0 amide bonds. The van der Waals surface area contributed by atoms with Crippen LogP contribution >= 0.6 is 0 Å². The summed E-state index contributed by atoms with van der Waals surface area (Å²) in [7, 11) is 1.73. The predicted octanol–water partition coefficient (Wildman–Crippen LogP) is 0.145. The fraction of sp³-hybridized carbons (Fsp3) is 0.222. The van der Waals surface area contributed by atoms with Crippen LogP contribution in [0.3, 0.4) is 0 Å². The molecular weight excluding hydrogens is 194 g/mol. The van der Waals surface area contributed by atoms with Crippen LogP contribution in [-0.2, 0) is 7.05 Å². The summed E-state index contributed by atoms with van der Waals surface area (Å²) in [5, 5.41) is 7.57. The molecule has 0 spiro atoms. The molecule has 76 valence electrons. The van der Waals surface area contributed by atoms with Crippen LogP contribution in [0, 0.1) is 6.92 Å². The molecule has 2 aromatic heterocycles. The van der Waals surface area contributed by atoms with Gasteiger partial charge in [-0.05, 0) is 13.0 Å². The Labute approximate surface area is 86.0 Å². The van der Waals surface area contributed by atoms with Crippen molar-refractivity contribution >= 4 is 5.78 Å². The highest BCUT2D eigenvalue weighted by atomic mass is 16.1. The number of aryl methyl sites for hydroxylation is 1. The van der Waals surface area contributed by atoms with Gasteiger partial charge in [-0.2, -0.15) is 0 Å². The minimum absolute atomic E-state index is 0.132. The lowest BCUT2D eigenvalue weighted by atomic mass is 10.3. The van der Waals surface area contributed by atoms with Crippen molar-refractivity contribution in [3.63, 3.8) is 0 Å². The molecule has 2 heterocycles. The Morgan fingerprint density at radius 3 is 2.47 bits per heavy atom. The molecule has 0 saturated carbocycles. The Balaban J connectivity index is 2.42. The Morgan fingerprint density at radius 1 is 1.27 bits per heavy atom. The van der Waals surface area contributed by atoms with Crippen molar-refractivity contribution in [2.45, 2.75) is 6.92 Å². The average molecular weight is 203 g/mol. The zero-order valence-corrected chi connectivity index (χ0v) is 8.38. The highest BCUT2D eigenvalue weighted by molar-refractivity contribution is 6.03. The van der Waals surface area contributed by atoms with Crippen LogP contribution < -0.4 is 0 Å². The van der Waals surface area contributed by atoms with E-state index in [0.29, 0.717) is 5.82 Å². The molecule has 2 rings (SSSR count). The molecule has 0 radical (unpaired) electrons. The third-order valence-electron chi connectivity index (χ3n) is 2.06. The van der Waals surface area contributed by atoms with E-state index >= 15 is 0 Å². The molecule has 6 heteroatoms. The minimum atomic E-state index is -0.321. The summed E-state index contributed by atoms with van der Waals surface area (Å²) in [6.07, 6.45) is 3.03. The van der Waals surface area contributed by atoms with Crippen LogP contribution in [0.5, 0.6) is 0 Å². The molecule has 0 aliphatic carbocycles. The smallest absolute Gasteiger partial charge is 0.267 e. The lowest BCUT2D eigenvalue weighted by molar-refractivity contribution is 0.101. The van der Waals surface area contributed by atoms with Crippen molar-refractivity contribution in [2.24, 2.45) is 7.05 Å². The van der Waals surface area contributed by atoms with Gasteiger partial charge in [-0.3, -0.25) is 4.79 Å². The number of rotatable bonds is 2. The van der Waals surface area contributed by atoms with Crippen LogP contribution in [0.4, 0.5) is 0 Å². The lowest BCUT2D eigenvalue weighted by Gasteiger charge is -1.98. The molecule has 0 unspecified atom stereocenters. The Bertz CT molecular complexity index is 490. The number of carbonyl (C=O) groups is 1. The summed E-state index contributed by atoms with van der Waals surface area (Å²) in [4.78, 5) is 19.6. The van der Waals surface area contributed by atoms with Gasteiger partial charge in [0, 0.05) is 19.4 Å². The third kappa shape index (κ3) is 1.61. The van der Waals surface area contributed by atoms with Crippen LogP contribution in [0.15, 0.2) is 18.5 Å². The second-order valence-corrected chi connectivity index (χ2v) is 3.03. The van der Waals surface area contributed by atoms with Crippen molar-refractivity contribution in [1.29, 1.82) is 0 Å². The first kappa shape index (κ1) is 9.45. The van der Waals surface area contributed by atoms with Crippen LogP contribution in [0.2, 0.25) is 0 Å². The second-order valence-electron chi connectivity index (χ2n) is 3.03. The van der Waals surface area contributed by atoms with Gasteiger partial charge in [-0.25, -0.2) is 9.97 Å². The van der Waals surface area contributed by atoms with E-state index in [9.17, 15) is 4.79 Å². The number of ketones is 1. The maximum Gasteiger partial charge on any atom is 0.267 e. The molecule has 6 nitrogen and oxygen atoms in total. The van der Waals surface area contributed by atoms with Gasteiger partial charge in [0.2, 0.25) is 11.6 Å². The van der Waals surface area contributed by atoms with E-state index in [1.165, 1.54) is 12.4 Å². The SMILES string of the molecule is Cc1nnc(C(=O)c2ncccn2)n1C. The summed E-state index contributed by atoms with van der Waals surface area (Å²) >= 11 is 0. The summed E-state index contributed by atoms with van der Waals surface area (Å²) in [5.41, 5.74) is 0. The van der Waals surface area contributed by atoms with Crippen LogP contribution in [0.25, 0.3) is 0 Å². The fourth-order valence-corrected chi connectivity index (χ4v) is 1.12. The first-order valence-corrected chi connectivity index (χ1v) is 4.38. The lowest BCUT2D eigenvalue weighted by Crippen LogP contribution is -2.12. The zero-order chi connectivity index (χ0) is 10.8. The molecule has 0 aromatic carbocycles. The predicted molar refractivity (Wildman–Crippen MR) is 51.2 cm³/mol. The number of hydrogen-bond donors (Lipinski definition) is 0. The molecular formula is C9H9N5O. The van der Waals surface area contributed by atoms with Crippen molar-refractivity contribution in [2.75, 3.05) is 0 Å². The van der Waals surface area contributed by atoms with E-state index in [4.69, 9.17) is 0 Å². The molecule has 0 atom stereocenters. The average Bonchev–Trinajstić information content (AvgIpc) is 2.60. The van der Waals surface area contributed by atoms with E-state index in [2.05, 4.69) is 20.2 Å². The molecule has 0 aliphatic rings. The van der Waals surface area contributed by atoms with Gasteiger partial charge >= 0.3 is 0 Å². The summed E-state index contributed by atoms with van der Waals surface area (Å²) < 4.78 is 1.61. The van der Waals surface area contributed by atoms with Crippen LogP contribution in [-0.4, -0.2) is 30.5 Å². The van der Waals surface area contributed by atoms with Crippen molar-refractivity contribution in [3.05, 3.63) is 35.9 Å². The van der Waals surface area contributed by atoms with Gasteiger partial charge in [-0.15, -0.1) is 10.2 Å². The standard InChI is InChI=1S/C9H9N5O/c1-6-12-13-9(14(6)2)7(15)8-10-4-3-5-11-8/h3-5H,1-2H3. The quantitative estimate of drug-likeness (QED) is 0.649. The molecule has 0 fully saturated rings. The summed E-state index contributed by atoms with van der Waals surface area (Å²) in [5.74, 6) is 0.736. The molecule has 0 saturated heterocycles. The minimum Gasteiger partial charge on any atom is -0.311 e. The first-order valence-electron chi connectivity index (χ1n) is 4.38. The van der Waals surface area contributed by atoms with Crippen molar-refractivity contribution < 1.29 is 4.79 Å². The highest BCUT2D eigenvalue weighted by Gasteiger charge is 2.18. The van der Waals surface area contributed by atoms with E-state index in [1.54, 1.807) is 24.6 Å². The third-order valence-corrected chi connectivity index (χ3v) is 2.06. The van der Waals surface area contributed by atoms with E-state index < -0.39 is 0 Å². The largest absolute Gasteiger partial charge is 0.311 e. The van der Waals surface area contributed by atoms with Gasteiger partial charge < -0.3 is 4.57 Å². The monoisotopic (exact) mass is 203 g/mol. The number of hydrogen-bond acceptors (Lipinski definition) is 5. The Morgan fingerprint density at radius 2 is 1.93 bits per heavy atom. The highest BCUT2D eigenvalue weighted by Crippen LogP contribution is 2.02. The Hall–Kier alpha value is -2.11. The van der Waals surface area contributed by atoms with E-state index in [1.807, 2.05) is 0 Å². The maximum atomic E-state index is 11.8. The zero-order valence-electron chi connectivity index (χ0n) is 8.38.